The molecule has 2 N–H and O–H groups in total. The van der Waals surface area contributed by atoms with Crippen LogP contribution in [0, 0.1) is 11.6 Å². The molecule has 0 aliphatic heterocycles. The summed E-state index contributed by atoms with van der Waals surface area (Å²) in [5, 5.41) is 6.12. The second-order valence-corrected chi connectivity index (χ2v) is 6.54. The molecular weight excluding hydrogens is 386 g/mol. The fourth-order valence-corrected chi connectivity index (χ4v) is 2.70. The van der Waals surface area contributed by atoms with E-state index in [-0.39, 0.29) is 12.1 Å². The summed E-state index contributed by atoms with van der Waals surface area (Å²) in [6, 6.07) is 16.7. The third kappa shape index (κ3) is 6.55. The number of pyridine rings is 1. The summed E-state index contributed by atoms with van der Waals surface area (Å²) < 4.78 is 32.8. The highest BCUT2D eigenvalue weighted by Crippen LogP contribution is 2.14. The van der Waals surface area contributed by atoms with E-state index >= 15 is 0 Å². The molecule has 0 saturated heterocycles. The molecule has 0 saturated carbocycles. The molecule has 0 aliphatic carbocycles. The third-order valence-corrected chi connectivity index (χ3v) is 4.25. The van der Waals surface area contributed by atoms with Gasteiger partial charge in [-0.2, -0.15) is 0 Å². The lowest BCUT2D eigenvalue weighted by atomic mass is 10.2. The average Bonchev–Trinajstić information content (AvgIpc) is 2.78. The number of hydrogen-bond acceptors (Lipinski definition) is 3. The van der Waals surface area contributed by atoms with Crippen LogP contribution in [0.3, 0.4) is 0 Å². The van der Waals surface area contributed by atoms with E-state index in [2.05, 4.69) is 20.6 Å². The molecule has 3 rings (SSSR count). The normalized spacial score (nSPS) is 11.2. The summed E-state index contributed by atoms with van der Waals surface area (Å²) in [6.07, 6.45) is 1.73. The number of nitrogens with one attached hydrogen (secondary N) is 2. The van der Waals surface area contributed by atoms with Crippen LogP contribution in [0.1, 0.15) is 23.7 Å². The maximum Gasteiger partial charge on any atom is 0.191 e. The van der Waals surface area contributed by atoms with E-state index in [0.29, 0.717) is 25.7 Å². The van der Waals surface area contributed by atoms with E-state index in [1.165, 1.54) is 6.07 Å². The Balaban J connectivity index is 1.55. The Morgan fingerprint density at radius 3 is 2.60 bits per heavy atom. The van der Waals surface area contributed by atoms with Gasteiger partial charge in [0.05, 0.1) is 12.2 Å². The first kappa shape index (κ1) is 21.2. The minimum atomic E-state index is -0.472. The van der Waals surface area contributed by atoms with E-state index in [1.807, 2.05) is 49.4 Å². The Morgan fingerprint density at radius 2 is 1.87 bits per heavy atom. The number of aromatic nitrogens is 1. The standard InChI is InChI=1S/C23H24F2N4O/c1-2-26-23(29-15-18-13-19(24)8-11-22(18)25)28-14-17-6-9-21(10-7-17)30-16-20-5-3-4-12-27-20/h3-13H,2,14-16H2,1H3,(H2,26,28,29). The monoisotopic (exact) mass is 410 g/mol. The molecule has 0 amide bonds. The highest BCUT2D eigenvalue weighted by atomic mass is 19.1. The van der Waals surface area contributed by atoms with E-state index < -0.39 is 11.6 Å². The number of halogens is 2. The predicted molar refractivity (Wildman–Crippen MR) is 113 cm³/mol. The van der Waals surface area contributed by atoms with Gasteiger partial charge in [-0.15, -0.1) is 0 Å². The van der Waals surface area contributed by atoms with Crippen LogP contribution in [0.15, 0.2) is 71.9 Å². The quantitative estimate of drug-likeness (QED) is 0.432. The minimum absolute atomic E-state index is 0.135. The second kappa shape index (κ2) is 10.9. The molecule has 0 aliphatic rings. The largest absolute Gasteiger partial charge is 0.487 e. The molecule has 0 radical (unpaired) electrons. The van der Waals surface area contributed by atoms with Gasteiger partial charge in [-0.25, -0.2) is 13.8 Å². The SMILES string of the molecule is CCNC(=NCc1ccc(OCc2ccccn2)cc1)NCc1cc(F)ccc1F. The summed E-state index contributed by atoms with van der Waals surface area (Å²) in [6.45, 7) is 3.56. The second-order valence-electron chi connectivity index (χ2n) is 6.54. The van der Waals surface area contributed by atoms with Gasteiger partial charge < -0.3 is 15.4 Å². The number of rotatable bonds is 8. The van der Waals surface area contributed by atoms with Gasteiger partial charge in [0, 0.05) is 24.8 Å². The molecule has 3 aromatic rings. The van der Waals surface area contributed by atoms with Crippen LogP contribution in [-0.4, -0.2) is 17.5 Å². The van der Waals surface area contributed by atoms with Crippen LogP contribution in [-0.2, 0) is 19.7 Å². The smallest absolute Gasteiger partial charge is 0.191 e. The molecule has 2 aromatic carbocycles. The molecule has 5 nitrogen and oxygen atoms in total. The van der Waals surface area contributed by atoms with Crippen molar-refractivity contribution in [2.45, 2.75) is 26.6 Å². The number of hydrogen-bond donors (Lipinski definition) is 2. The summed E-state index contributed by atoms with van der Waals surface area (Å²) in [5.74, 6) is 0.346. The lowest BCUT2D eigenvalue weighted by Crippen LogP contribution is -2.37. The minimum Gasteiger partial charge on any atom is -0.487 e. The zero-order chi connectivity index (χ0) is 21.2. The number of ether oxygens (including phenoxy) is 1. The molecule has 0 bridgehead atoms. The highest BCUT2D eigenvalue weighted by molar-refractivity contribution is 5.79. The average molecular weight is 410 g/mol. The number of aliphatic imine (C=N–C) groups is 1. The van der Waals surface area contributed by atoms with Crippen LogP contribution in [0.25, 0.3) is 0 Å². The molecule has 0 spiro atoms. The lowest BCUT2D eigenvalue weighted by Gasteiger charge is -2.12. The van der Waals surface area contributed by atoms with Crippen LogP contribution < -0.4 is 15.4 Å². The van der Waals surface area contributed by atoms with Gasteiger partial charge in [0.1, 0.15) is 24.0 Å². The van der Waals surface area contributed by atoms with Crippen molar-refractivity contribution >= 4 is 5.96 Å². The summed E-state index contributed by atoms with van der Waals surface area (Å²) in [5.41, 5.74) is 2.10. The molecular formula is C23H24F2N4O. The molecule has 0 unspecified atom stereocenters. The van der Waals surface area contributed by atoms with Crippen LogP contribution in [0.4, 0.5) is 8.78 Å². The molecule has 7 heteroatoms. The Kier molecular flexibility index (Phi) is 7.71. The van der Waals surface area contributed by atoms with Crippen molar-refractivity contribution in [2.24, 2.45) is 4.99 Å². The molecule has 0 atom stereocenters. The number of guanidine groups is 1. The van der Waals surface area contributed by atoms with Gasteiger partial charge in [0.2, 0.25) is 0 Å². The zero-order valence-electron chi connectivity index (χ0n) is 16.7. The first-order valence-corrected chi connectivity index (χ1v) is 9.72. The fourth-order valence-electron chi connectivity index (χ4n) is 2.70. The number of nitrogens with zero attached hydrogens (tertiary/aromatic N) is 2. The third-order valence-electron chi connectivity index (χ3n) is 4.25. The van der Waals surface area contributed by atoms with Crippen molar-refractivity contribution in [3.05, 3.63) is 95.3 Å². The number of benzene rings is 2. The van der Waals surface area contributed by atoms with E-state index in [0.717, 1.165) is 29.1 Å². The van der Waals surface area contributed by atoms with Crippen molar-refractivity contribution in [2.75, 3.05) is 6.54 Å². The van der Waals surface area contributed by atoms with Gasteiger partial charge in [0.25, 0.3) is 0 Å². The summed E-state index contributed by atoms with van der Waals surface area (Å²) in [4.78, 5) is 8.73. The topological polar surface area (TPSA) is 58.5 Å². The molecule has 1 heterocycles. The Hall–Kier alpha value is -3.48. The maximum absolute atomic E-state index is 13.8. The Morgan fingerprint density at radius 1 is 1.03 bits per heavy atom. The fraction of sp³-hybridized carbons (Fsp3) is 0.217. The van der Waals surface area contributed by atoms with Crippen LogP contribution >= 0.6 is 0 Å². The van der Waals surface area contributed by atoms with Crippen LogP contribution in [0.5, 0.6) is 5.75 Å². The van der Waals surface area contributed by atoms with Gasteiger partial charge in [0.15, 0.2) is 5.96 Å². The first-order valence-electron chi connectivity index (χ1n) is 9.72. The zero-order valence-corrected chi connectivity index (χ0v) is 16.7. The van der Waals surface area contributed by atoms with Crippen molar-refractivity contribution < 1.29 is 13.5 Å². The van der Waals surface area contributed by atoms with Crippen molar-refractivity contribution in [3.63, 3.8) is 0 Å². The van der Waals surface area contributed by atoms with Gasteiger partial charge in [-0.3, -0.25) is 4.98 Å². The predicted octanol–water partition coefficient (Wildman–Crippen LogP) is 4.19. The van der Waals surface area contributed by atoms with Gasteiger partial charge in [-0.05, 0) is 55.0 Å². The van der Waals surface area contributed by atoms with Crippen molar-refractivity contribution in [1.82, 2.24) is 15.6 Å². The first-order chi connectivity index (χ1) is 14.6. The summed E-state index contributed by atoms with van der Waals surface area (Å²) >= 11 is 0. The van der Waals surface area contributed by atoms with Gasteiger partial charge in [-0.1, -0.05) is 18.2 Å². The molecule has 1 aromatic heterocycles. The molecule has 0 fully saturated rings. The van der Waals surface area contributed by atoms with Crippen molar-refractivity contribution in [1.29, 1.82) is 0 Å². The van der Waals surface area contributed by atoms with Crippen LogP contribution in [0.2, 0.25) is 0 Å². The maximum atomic E-state index is 13.8. The highest BCUT2D eigenvalue weighted by Gasteiger charge is 2.05. The summed E-state index contributed by atoms with van der Waals surface area (Å²) in [7, 11) is 0. The Bertz CT molecular complexity index is 963. The van der Waals surface area contributed by atoms with Gasteiger partial charge >= 0.3 is 0 Å². The Labute approximate surface area is 174 Å². The molecule has 30 heavy (non-hydrogen) atoms. The van der Waals surface area contributed by atoms with E-state index in [9.17, 15) is 8.78 Å². The van der Waals surface area contributed by atoms with Crippen molar-refractivity contribution in [3.8, 4) is 5.75 Å². The van der Waals surface area contributed by atoms with E-state index in [4.69, 9.17) is 4.74 Å². The lowest BCUT2D eigenvalue weighted by molar-refractivity contribution is 0.301. The van der Waals surface area contributed by atoms with E-state index in [1.54, 1.807) is 6.20 Å². The molecule has 156 valence electrons.